The predicted octanol–water partition coefficient (Wildman–Crippen LogP) is 2.92. The Kier molecular flexibility index (Phi) is 6.93. The van der Waals surface area contributed by atoms with Crippen LogP contribution < -0.4 is 10.1 Å². The van der Waals surface area contributed by atoms with Crippen LogP contribution in [0.2, 0.25) is 5.02 Å². The Bertz CT molecular complexity index is 686. The molecular weight excluding hydrogens is 394 g/mol. The van der Waals surface area contributed by atoms with E-state index in [4.69, 9.17) is 16.3 Å². The first-order chi connectivity index (χ1) is 11.5. The zero-order valence-corrected chi connectivity index (χ0v) is 16.3. The van der Waals surface area contributed by atoms with Gasteiger partial charge in [0.25, 0.3) is 0 Å². The van der Waals surface area contributed by atoms with E-state index in [1.165, 1.54) is 5.69 Å². The molecule has 0 aromatic carbocycles. The van der Waals surface area contributed by atoms with Crippen LogP contribution in [0, 0.1) is 0 Å². The largest absolute Gasteiger partial charge is 0.476 e. The Morgan fingerprint density at radius 1 is 1.50 bits per heavy atom. The summed E-state index contributed by atoms with van der Waals surface area (Å²) in [6.07, 6.45) is 3.60. The van der Waals surface area contributed by atoms with Gasteiger partial charge in [0.05, 0.1) is 18.1 Å². The summed E-state index contributed by atoms with van der Waals surface area (Å²) in [6.45, 7) is 1.86. The van der Waals surface area contributed by atoms with Crippen molar-refractivity contribution in [2.45, 2.75) is 6.54 Å². The van der Waals surface area contributed by atoms with Gasteiger partial charge in [-0.1, -0.05) is 11.6 Å². The third-order valence-corrected chi connectivity index (χ3v) is 4.04. The molecule has 0 bridgehead atoms. The van der Waals surface area contributed by atoms with E-state index in [1.54, 1.807) is 25.4 Å². The molecule has 2 aromatic rings. The highest BCUT2D eigenvalue weighted by Crippen LogP contribution is 2.15. The smallest absolute Gasteiger partial charge is 0.213 e. The topological polar surface area (TPSA) is 54.7 Å². The van der Waals surface area contributed by atoms with Crippen LogP contribution in [0.3, 0.4) is 0 Å². The molecule has 0 aliphatic carbocycles. The maximum atomic E-state index is 5.79. The highest BCUT2D eigenvalue weighted by molar-refractivity contribution is 9.10. The van der Waals surface area contributed by atoms with Crippen molar-refractivity contribution in [3.63, 3.8) is 0 Å². The summed E-state index contributed by atoms with van der Waals surface area (Å²) in [5.74, 6) is 1.36. The highest BCUT2D eigenvalue weighted by Gasteiger charge is 2.09. The first kappa shape index (κ1) is 18.6. The lowest BCUT2D eigenvalue weighted by molar-refractivity contribution is 0.307. The zero-order valence-electron chi connectivity index (χ0n) is 14.0. The molecule has 2 aromatic heterocycles. The number of hydrogen-bond acceptors (Lipinski definition) is 3. The fourth-order valence-corrected chi connectivity index (χ4v) is 2.88. The van der Waals surface area contributed by atoms with Crippen molar-refractivity contribution in [3.8, 4) is 5.88 Å². The summed E-state index contributed by atoms with van der Waals surface area (Å²) in [5.41, 5.74) is 1.19. The summed E-state index contributed by atoms with van der Waals surface area (Å²) < 4.78 is 8.72. The normalized spacial score (nSPS) is 11.5. The van der Waals surface area contributed by atoms with Crippen molar-refractivity contribution in [1.82, 2.24) is 19.8 Å². The monoisotopic (exact) mass is 413 g/mol. The second kappa shape index (κ2) is 8.94. The molecule has 0 radical (unpaired) electrons. The summed E-state index contributed by atoms with van der Waals surface area (Å²) in [6, 6.07) is 5.59. The van der Waals surface area contributed by atoms with Gasteiger partial charge < -0.3 is 19.5 Å². The van der Waals surface area contributed by atoms with Gasteiger partial charge in [0.1, 0.15) is 6.61 Å². The second-order valence-corrected chi connectivity index (χ2v) is 6.61. The second-order valence-electron chi connectivity index (χ2n) is 5.25. The van der Waals surface area contributed by atoms with Gasteiger partial charge in [-0.15, -0.1) is 0 Å². The number of ether oxygens (including phenoxy) is 1. The average molecular weight is 415 g/mol. The van der Waals surface area contributed by atoms with E-state index in [0.29, 0.717) is 24.1 Å². The number of guanidine groups is 1. The molecule has 6 nitrogen and oxygen atoms in total. The maximum Gasteiger partial charge on any atom is 0.213 e. The molecule has 0 amide bonds. The Balaban J connectivity index is 1.79. The van der Waals surface area contributed by atoms with Crippen LogP contribution in [-0.4, -0.2) is 47.7 Å². The molecule has 0 aliphatic rings. The van der Waals surface area contributed by atoms with E-state index < -0.39 is 0 Å². The minimum atomic E-state index is 0.483. The summed E-state index contributed by atoms with van der Waals surface area (Å²) >= 11 is 9.28. The van der Waals surface area contributed by atoms with Crippen LogP contribution in [0.5, 0.6) is 5.88 Å². The van der Waals surface area contributed by atoms with E-state index in [2.05, 4.69) is 46.8 Å². The number of pyridine rings is 1. The quantitative estimate of drug-likeness (QED) is 0.449. The van der Waals surface area contributed by atoms with Crippen molar-refractivity contribution in [2.75, 3.05) is 27.2 Å². The van der Waals surface area contributed by atoms with Gasteiger partial charge in [-0.2, -0.15) is 0 Å². The van der Waals surface area contributed by atoms with Gasteiger partial charge in [0, 0.05) is 49.8 Å². The molecular formula is C16H21BrClN5O. The minimum Gasteiger partial charge on any atom is -0.476 e. The fourth-order valence-electron chi connectivity index (χ4n) is 2.19. The number of aliphatic imine (C=N–C) groups is 1. The SMILES string of the molecule is CN=C(NCCOc1ccc(Cl)cn1)N(C)Cc1cc(Br)cn1C. The van der Waals surface area contributed by atoms with Gasteiger partial charge >= 0.3 is 0 Å². The molecule has 2 rings (SSSR count). The van der Waals surface area contributed by atoms with E-state index >= 15 is 0 Å². The standard InChI is InChI=1S/C16H21BrClN5O/c1-19-16(23(3)11-14-8-12(17)10-22(14)2)20-6-7-24-15-5-4-13(18)9-21-15/h4-5,8-10H,6-7,11H2,1-3H3,(H,19,20). The molecule has 0 saturated heterocycles. The first-order valence-electron chi connectivity index (χ1n) is 7.46. The zero-order chi connectivity index (χ0) is 17.5. The number of nitrogens with zero attached hydrogens (tertiary/aromatic N) is 4. The molecule has 0 unspecified atom stereocenters. The highest BCUT2D eigenvalue weighted by atomic mass is 79.9. The summed E-state index contributed by atoms with van der Waals surface area (Å²) in [5, 5.41) is 3.87. The lowest BCUT2D eigenvalue weighted by Crippen LogP contribution is -2.40. The minimum absolute atomic E-state index is 0.483. The van der Waals surface area contributed by atoms with Crippen molar-refractivity contribution in [2.24, 2.45) is 12.0 Å². The van der Waals surface area contributed by atoms with Gasteiger partial charge in [-0.3, -0.25) is 4.99 Å². The van der Waals surface area contributed by atoms with Crippen LogP contribution in [0.25, 0.3) is 0 Å². The number of aromatic nitrogens is 2. The molecule has 0 atom stereocenters. The number of aryl methyl sites for hydroxylation is 1. The van der Waals surface area contributed by atoms with Gasteiger partial charge in [-0.05, 0) is 28.1 Å². The number of nitrogens with one attached hydrogen (secondary N) is 1. The molecule has 0 spiro atoms. The fraction of sp³-hybridized carbons (Fsp3) is 0.375. The van der Waals surface area contributed by atoms with Crippen LogP contribution in [0.15, 0.2) is 40.1 Å². The molecule has 0 saturated carbocycles. The van der Waals surface area contributed by atoms with Crippen LogP contribution in [0.4, 0.5) is 0 Å². The maximum absolute atomic E-state index is 5.79. The lowest BCUT2D eigenvalue weighted by atomic mass is 10.4. The molecule has 8 heteroatoms. The lowest BCUT2D eigenvalue weighted by Gasteiger charge is -2.22. The first-order valence-corrected chi connectivity index (χ1v) is 8.63. The van der Waals surface area contributed by atoms with Crippen LogP contribution in [-0.2, 0) is 13.6 Å². The molecule has 0 fully saturated rings. The number of halogens is 2. The molecule has 0 aliphatic heterocycles. The number of hydrogen-bond donors (Lipinski definition) is 1. The summed E-state index contributed by atoms with van der Waals surface area (Å²) in [7, 11) is 5.79. The Morgan fingerprint density at radius 3 is 2.88 bits per heavy atom. The van der Waals surface area contributed by atoms with Gasteiger partial charge in [0.15, 0.2) is 5.96 Å². The van der Waals surface area contributed by atoms with Gasteiger partial charge in [0.2, 0.25) is 5.88 Å². The van der Waals surface area contributed by atoms with Crippen molar-refractivity contribution < 1.29 is 4.74 Å². The molecule has 1 N–H and O–H groups in total. The molecule has 2 heterocycles. The van der Waals surface area contributed by atoms with E-state index in [9.17, 15) is 0 Å². The van der Waals surface area contributed by atoms with Gasteiger partial charge in [-0.25, -0.2) is 4.98 Å². The summed E-state index contributed by atoms with van der Waals surface area (Å²) in [4.78, 5) is 10.4. The van der Waals surface area contributed by atoms with E-state index in [0.717, 1.165) is 17.0 Å². The van der Waals surface area contributed by atoms with Crippen molar-refractivity contribution in [1.29, 1.82) is 0 Å². The Morgan fingerprint density at radius 2 is 2.29 bits per heavy atom. The Labute approximate surface area is 155 Å². The van der Waals surface area contributed by atoms with E-state index in [1.807, 2.05) is 20.3 Å². The number of rotatable bonds is 6. The third kappa shape index (κ3) is 5.42. The van der Waals surface area contributed by atoms with Crippen molar-refractivity contribution in [3.05, 3.63) is 45.8 Å². The predicted molar refractivity (Wildman–Crippen MR) is 101 cm³/mol. The van der Waals surface area contributed by atoms with Crippen LogP contribution >= 0.6 is 27.5 Å². The third-order valence-electron chi connectivity index (χ3n) is 3.38. The van der Waals surface area contributed by atoms with Crippen molar-refractivity contribution >= 4 is 33.5 Å². The molecule has 130 valence electrons. The van der Waals surface area contributed by atoms with E-state index in [-0.39, 0.29) is 0 Å². The molecule has 24 heavy (non-hydrogen) atoms. The van der Waals surface area contributed by atoms with Crippen LogP contribution in [0.1, 0.15) is 5.69 Å². The Hall–Kier alpha value is -1.73. The average Bonchev–Trinajstić information content (AvgIpc) is 2.86.